The number of para-hydroxylation sites is 1. The van der Waals surface area contributed by atoms with E-state index in [-0.39, 0.29) is 35.4 Å². The van der Waals surface area contributed by atoms with Gasteiger partial charge < -0.3 is 20.5 Å². The number of nitrogens with one attached hydrogen (secondary N) is 3. The number of nitrogens with zero attached hydrogens (tertiary/aromatic N) is 2. The van der Waals surface area contributed by atoms with Crippen molar-refractivity contribution in [3.8, 4) is 0 Å². The van der Waals surface area contributed by atoms with Gasteiger partial charge in [0, 0.05) is 12.5 Å². The lowest BCUT2D eigenvalue weighted by Gasteiger charge is -2.25. The Morgan fingerprint density at radius 3 is 2.38 bits per heavy atom. The van der Waals surface area contributed by atoms with Crippen LogP contribution in [-0.2, 0) is 16.0 Å². The number of hydrogen-bond acceptors (Lipinski definition) is 8. The third-order valence-corrected chi connectivity index (χ3v) is 7.12. The molecule has 4 aromatic rings. The lowest BCUT2D eigenvalue weighted by Crippen LogP contribution is -2.56. The van der Waals surface area contributed by atoms with Gasteiger partial charge in [0.2, 0.25) is 17.6 Å². The third-order valence-electron chi connectivity index (χ3n) is 6.04. The fraction of sp³-hybridized carbons (Fsp3) is 0.286. The molecule has 2 aromatic heterocycles. The van der Waals surface area contributed by atoms with Crippen LogP contribution in [-0.4, -0.2) is 52.3 Å². The van der Waals surface area contributed by atoms with E-state index in [0.29, 0.717) is 16.8 Å². The summed E-state index contributed by atoms with van der Waals surface area (Å²) in [5.74, 6) is -2.56. The predicted octanol–water partition coefficient (Wildman–Crippen LogP) is 3.21. The second kappa shape index (κ2) is 12.6. The molecule has 3 N–H and O–H groups in total. The SMILES string of the molecule is Cc1cc(C(=O)N[C@H](C(=O)N[C@@H](Cc2ccc(F)cc2)C(=O)NCC(=O)c2nc3ccccc3s2)C(C)C)no1. The molecule has 0 bridgehead atoms. The van der Waals surface area contributed by atoms with Gasteiger partial charge in [0.25, 0.3) is 5.91 Å². The molecular weight excluding hydrogens is 537 g/mol. The van der Waals surface area contributed by atoms with Gasteiger partial charge in [-0.15, -0.1) is 11.3 Å². The molecule has 0 aliphatic carbocycles. The van der Waals surface area contributed by atoms with Gasteiger partial charge in [-0.05, 0) is 42.7 Å². The van der Waals surface area contributed by atoms with E-state index in [2.05, 4.69) is 26.1 Å². The Bertz CT molecular complexity index is 1500. The lowest BCUT2D eigenvalue weighted by atomic mass is 10.0. The summed E-state index contributed by atoms with van der Waals surface area (Å²) in [6, 6.07) is 12.1. The zero-order valence-corrected chi connectivity index (χ0v) is 22.9. The number of halogens is 1. The van der Waals surface area contributed by atoms with Crippen molar-refractivity contribution in [2.45, 2.75) is 39.3 Å². The molecular formula is C28H28FN5O5S. The molecule has 4 rings (SSSR count). The van der Waals surface area contributed by atoms with Gasteiger partial charge in [-0.1, -0.05) is 43.3 Å². The van der Waals surface area contributed by atoms with Crippen molar-refractivity contribution < 1.29 is 28.1 Å². The first kappa shape index (κ1) is 28.6. The van der Waals surface area contributed by atoms with Gasteiger partial charge in [0.15, 0.2) is 10.7 Å². The first-order valence-electron chi connectivity index (χ1n) is 12.6. The number of Topliss-reactive ketones (excluding diaryl/α,β-unsaturated/α-hetero) is 1. The third kappa shape index (κ3) is 7.14. The summed E-state index contributed by atoms with van der Waals surface area (Å²) < 4.78 is 19.2. The molecule has 12 heteroatoms. The fourth-order valence-corrected chi connectivity index (χ4v) is 4.81. The smallest absolute Gasteiger partial charge is 0.274 e. The summed E-state index contributed by atoms with van der Waals surface area (Å²) in [4.78, 5) is 56.2. The zero-order chi connectivity index (χ0) is 28.8. The highest BCUT2D eigenvalue weighted by Gasteiger charge is 2.30. The molecule has 0 unspecified atom stereocenters. The lowest BCUT2D eigenvalue weighted by molar-refractivity contribution is -0.130. The molecule has 2 atom stereocenters. The number of hydrogen-bond donors (Lipinski definition) is 3. The second-order valence-electron chi connectivity index (χ2n) is 9.54. The van der Waals surface area contributed by atoms with Crippen LogP contribution >= 0.6 is 11.3 Å². The molecule has 0 spiro atoms. The van der Waals surface area contributed by atoms with Crippen molar-refractivity contribution in [3.63, 3.8) is 0 Å². The van der Waals surface area contributed by atoms with Gasteiger partial charge in [-0.3, -0.25) is 19.2 Å². The predicted molar refractivity (Wildman–Crippen MR) is 146 cm³/mol. The Hall–Kier alpha value is -4.45. The highest BCUT2D eigenvalue weighted by Crippen LogP contribution is 2.21. The van der Waals surface area contributed by atoms with E-state index in [0.717, 1.165) is 4.70 Å². The number of amides is 3. The Morgan fingerprint density at radius 1 is 1.00 bits per heavy atom. The van der Waals surface area contributed by atoms with Gasteiger partial charge in [0.05, 0.1) is 16.8 Å². The molecule has 0 aliphatic rings. The van der Waals surface area contributed by atoms with Crippen LogP contribution in [0.2, 0.25) is 0 Å². The van der Waals surface area contributed by atoms with E-state index in [1.807, 2.05) is 18.2 Å². The van der Waals surface area contributed by atoms with Crippen LogP contribution in [0.4, 0.5) is 4.39 Å². The number of ketones is 1. The number of thiazole rings is 1. The number of benzene rings is 2. The molecule has 0 radical (unpaired) electrons. The van der Waals surface area contributed by atoms with E-state index in [1.165, 1.54) is 41.7 Å². The summed E-state index contributed by atoms with van der Waals surface area (Å²) >= 11 is 1.22. The topological polar surface area (TPSA) is 143 Å². The minimum absolute atomic E-state index is 0.0184. The maximum absolute atomic E-state index is 13.5. The standard InChI is InChI=1S/C28H28FN5O5S/c1-15(2)24(33-26(37)21-12-16(3)39-34-21)27(38)31-20(13-17-8-10-18(29)11-9-17)25(36)30-14-22(35)28-32-19-6-4-5-7-23(19)40-28/h4-12,15,20,24H,13-14H2,1-3H3,(H,30,36)(H,31,38)(H,33,37)/t20-,24-/m0/s1. The van der Waals surface area contributed by atoms with E-state index < -0.39 is 35.6 Å². The minimum atomic E-state index is -1.12. The molecule has 40 heavy (non-hydrogen) atoms. The number of aryl methyl sites for hydroxylation is 1. The maximum Gasteiger partial charge on any atom is 0.274 e. The first-order chi connectivity index (χ1) is 19.1. The van der Waals surface area contributed by atoms with E-state index >= 15 is 0 Å². The Labute approximate surface area is 233 Å². The van der Waals surface area contributed by atoms with Crippen LogP contribution in [0.15, 0.2) is 59.1 Å². The van der Waals surface area contributed by atoms with Gasteiger partial charge >= 0.3 is 0 Å². The Kier molecular flexibility index (Phi) is 9.00. The van der Waals surface area contributed by atoms with Crippen LogP contribution in [0.1, 0.15) is 45.5 Å². The monoisotopic (exact) mass is 565 g/mol. The van der Waals surface area contributed by atoms with Crippen molar-refractivity contribution in [3.05, 3.63) is 82.4 Å². The molecule has 0 aliphatic heterocycles. The number of carbonyl (C=O) groups excluding carboxylic acids is 4. The van der Waals surface area contributed by atoms with Crippen molar-refractivity contribution in [1.29, 1.82) is 0 Å². The highest BCUT2D eigenvalue weighted by atomic mass is 32.1. The van der Waals surface area contributed by atoms with Gasteiger partial charge in [-0.2, -0.15) is 0 Å². The van der Waals surface area contributed by atoms with Crippen molar-refractivity contribution >= 4 is 45.1 Å². The van der Waals surface area contributed by atoms with Crippen molar-refractivity contribution in [2.75, 3.05) is 6.54 Å². The normalized spacial score (nSPS) is 12.6. The number of carbonyl (C=O) groups is 4. The van der Waals surface area contributed by atoms with Gasteiger partial charge in [-0.25, -0.2) is 9.37 Å². The quantitative estimate of drug-likeness (QED) is 0.237. The zero-order valence-electron chi connectivity index (χ0n) is 22.1. The number of aromatic nitrogens is 2. The molecule has 0 saturated carbocycles. The highest BCUT2D eigenvalue weighted by molar-refractivity contribution is 7.20. The molecule has 0 saturated heterocycles. The summed E-state index contributed by atoms with van der Waals surface area (Å²) in [5.41, 5.74) is 1.29. The van der Waals surface area contributed by atoms with Crippen LogP contribution in [0.25, 0.3) is 10.2 Å². The molecule has 0 fully saturated rings. The van der Waals surface area contributed by atoms with Crippen molar-refractivity contribution in [2.24, 2.45) is 5.92 Å². The summed E-state index contributed by atoms with van der Waals surface area (Å²) in [6.45, 7) is 4.79. The van der Waals surface area contributed by atoms with E-state index in [4.69, 9.17) is 4.52 Å². The fourth-order valence-electron chi connectivity index (χ4n) is 3.91. The summed E-state index contributed by atoms with van der Waals surface area (Å²) in [5, 5.41) is 11.8. The Balaban J connectivity index is 1.47. The number of rotatable bonds is 11. The van der Waals surface area contributed by atoms with E-state index in [1.54, 1.807) is 26.8 Å². The molecule has 2 aromatic carbocycles. The van der Waals surface area contributed by atoms with Crippen LogP contribution < -0.4 is 16.0 Å². The Morgan fingerprint density at radius 2 is 1.73 bits per heavy atom. The van der Waals surface area contributed by atoms with Gasteiger partial charge in [0.1, 0.15) is 23.7 Å². The minimum Gasteiger partial charge on any atom is -0.361 e. The first-order valence-corrected chi connectivity index (χ1v) is 13.4. The summed E-state index contributed by atoms with van der Waals surface area (Å²) in [7, 11) is 0. The molecule has 3 amide bonds. The molecule has 208 valence electrons. The van der Waals surface area contributed by atoms with Crippen LogP contribution in [0.3, 0.4) is 0 Å². The second-order valence-corrected chi connectivity index (χ2v) is 10.6. The van der Waals surface area contributed by atoms with E-state index in [9.17, 15) is 23.6 Å². The van der Waals surface area contributed by atoms with Crippen molar-refractivity contribution in [1.82, 2.24) is 26.1 Å². The molecule has 10 nitrogen and oxygen atoms in total. The largest absolute Gasteiger partial charge is 0.361 e. The summed E-state index contributed by atoms with van der Waals surface area (Å²) in [6.07, 6.45) is 0.0222. The average molecular weight is 566 g/mol. The van der Waals surface area contributed by atoms with Crippen LogP contribution in [0, 0.1) is 18.7 Å². The maximum atomic E-state index is 13.5. The van der Waals surface area contributed by atoms with Crippen LogP contribution in [0.5, 0.6) is 0 Å². The number of fused-ring (bicyclic) bond motifs is 1. The average Bonchev–Trinajstić information content (AvgIpc) is 3.57. The molecule has 2 heterocycles.